The molecule has 0 aromatic carbocycles. The maximum Gasteiger partial charge on any atom is 0.306 e. The molecule has 7 nitrogen and oxygen atoms in total. The molecule has 0 radical (unpaired) electrons. The van der Waals surface area contributed by atoms with Crippen molar-refractivity contribution in [2.75, 3.05) is 0 Å². The molecule has 0 aliphatic heterocycles. The van der Waals surface area contributed by atoms with Gasteiger partial charge in [0.25, 0.3) is 0 Å². The van der Waals surface area contributed by atoms with Crippen LogP contribution >= 0.6 is 0 Å². The van der Waals surface area contributed by atoms with Crippen LogP contribution in [0, 0.1) is 17.2 Å². The van der Waals surface area contributed by atoms with E-state index in [0.717, 1.165) is 5.82 Å². The van der Waals surface area contributed by atoms with Crippen molar-refractivity contribution in [3.8, 4) is 5.82 Å². The summed E-state index contributed by atoms with van der Waals surface area (Å²) >= 11 is 0. The number of halogens is 1. The monoisotopic (exact) mass is 343 g/mol. The average Bonchev–Trinajstić information content (AvgIpc) is 2.89. The SMILES string of the molecule is Cc1cc(C(C)C)[n+](-c2ccn[nH]2)c(C(C)C)c1.[O-][Cl+3]([O-])([O-])[O-]. The van der Waals surface area contributed by atoms with Gasteiger partial charge in [-0.1, -0.05) is 32.8 Å². The summed E-state index contributed by atoms with van der Waals surface area (Å²) in [6.45, 7) is 11.1. The van der Waals surface area contributed by atoms with Crippen LogP contribution in [0.5, 0.6) is 0 Å². The van der Waals surface area contributed by atoms with Gasteiger partial charge in [-0.2, -0.15) is 4.57 Å². The molecule has 23 heavy (non-hydrogen) atoms. The number of nitrogens with zero attached hydrogens (tertiary/aromatic N) is 2. The summed E-state index contributed by atoms with van der Waals surface area (Å²) in [5.74, 6) is 2.00. The van der Waals surface area contributed by atoms with E-state index >= 15 is 0 Å². The van der Waals surface area contributed by atoms with Gasteiger partial charge in [0, 0.05) is 11.8 Å². The highest BCUT2D eigenvalue weighted by molar-refractivity contribution is 5.22. The highest BCUT2D eigenvalue weighted by Gasteiger charge is 2.21. The predicted octanol–water partition coefficient (Wildman–Crippen LogP) is -1.51. The molecule has 0 unspecified atom stereocenters. The molecular formula is C15H22ClN3O4. The van der Waals surface area contributed by atoms with E-state index in [-0.39, 0.29) is 0 Å². The molecule has 0 saturated carbocycles. The highest BCUT2D eigenvalue weighted by Crippen LogP contribution is 2.19. The van der Waals surface area contributed by atoms with Crippen molar-refractivity contribution >= 4 is 0 Å². The largest absolute Gasteiger partial charge is 0.306 e. The topological polar surface area (TPSA) is 125 Å². The molecule has 0 atom stereocenters. The first-order valence-electron chi connectivity index (χ1n) is 7.18. The fraction of sp³-hybridized carbons (Fsp3) is 0.467. The molecule has 1 N–H and O–H groups in total. The Morgan fingerprint density at radius 1 is 1.00 bits per heavy atom. The standard InChI is InChI=1S/C15H22N3.ClHO4/c1-10(2)13-8-12(5)9-14(11(3)4)18(13)15-6-7-16-17-15;2-1(3,4)5/h6-11H,1-5H3,(H,16,17);(H,2,3,4,5)/q+1;/p-1. The van der Waals surface area contributed by atoms with Gasteiger partial charge < -0.3 is 0 Å². The Bertz CT molecular complexity index is 587. The van der Waals surface area contributed by atoms with Crippen LogP contribution < -0.4 is 23.2 Å². The predicted molar refractivity (Wildman–Crippen MR) is 73.0 cm³/mol. The van der Waals surface area contributed by atoms with E-state index in [9.17, 15) is 0 Å². The molecule has 0 saturated heterocycles. The van der Waals surface area contributed by atoms with Crippen molar-refractivity contribution in [3.63, 3.8) is 0 Å². The fourth-order valence-electron chi connectivity index (χ4n) is 2.29. The number of H-pyrrole nitrogens is 1. The first-order chi connectivity index (χ1) is 10.5. The smallest absolute Gasteiger partial charge is 0.222 e. The van der Waals surface area contributed by atoms with Gasteiger partial charge in [-0.05, 0) is 24.6 Å². The molecule has 2 rings (SSSR count). The summed E-state index contributed by atoms with van der Waals surface area (Å²) in [5.41, 5.74) is 3.96. The number of rotatable bonds is 3. The Labute approximate surface area is 138 Å². The number of nitrogens with one attached hydrogen (secondary N) is 1. The third kappa shape index (κ3) is 6.25. The van der Waals surface area contributed by atoms with Crippen LogP contribution in [0.4, 0.5) is 0 Å². The van der Waals surface area contributed by atoms with Crippen LogP contribution in [0.25, 0.3) is 5.82 Å². The molecule has 128 valence electrons. The van der Waals surface area contributed by atoms with E-state index in [2.05, 4.69) is 61.5 Å². The van der Waals surface area contributed by atoms with Crippen LogP contribution in [-0.2, 0) is 0 Å². The Hall–Kier alpha value is -1.51. The molecule has 2 aromatic heterocycles. The second kappa shape index (κ2) is 7.85. The van der Waals surface area contributed by atoms with Gasteiger partial charge in [-0.3, -0.25) is 0 Å². The van der Waals surface area contributed by atoms with Crippen molar-refractivity contribution in [2.45, 2.75) is 46.5 Å². The second-order valence-electron chi connectivity index (χ2n) is 5.85. The summed E-state index contributed by atoms with van der Waals surface area (Å²) in [4.78, 5) is 0. The Morgan fingerprint density at radius 3 is 1.74 bits per heavy atom. The number of pyridine rings is 1. The van der Waals surface area contributed by atoms with Crippen LogP contribution in [0.2, 0.25) is 0 Å². The molecular weight excluding hydrogens is 322 g/mol. The Balaban J connectivity index is 0.000000463. The van der Waals surface area contributed by atoms with Crippen molar-refractivity contribution in [1.29, 1.82) is 0 Å². The number of hydrogen-bond acceptors (Lipinski definition) is 5. The van der Waals surface area contributed by atoms with Crippen LogP contribution in [-0.4, -0.2) is 10.2 Å². The third-order valence-corrected chi connectivity index (χ3v) is 3.18. The first kappa shape index (κ1) is 19.5. The van der Waals surface area contributed by atoms with Gasteiger partial charge in [-0.15, -0.1) is 15.3 Å². The number of aromatic nitrogens is 3. The van der Waals surface area contributed by atoms with Crippen molar-refractivity contribution in [1.82, 2.24) is 10.2 Å². The zero-order valence-corrected chi connectivity index (χ0v) is 14.6. The van der Waals surface area contributed by atoms with Crippen LogP contribution in [0.1, 0.15) is 56.5 Å². The van der Waals surface area contributed by atoms with E-state index in [1.165, 1.54) is 17.0 Å². The summed E-state index contributed by atoms with van der Waals surface area (Å²) in [6, 6.07) is 6.54. The first-order valence-corrected chi connectivity index (χ1v) is 8.42. The van der Waals surface area contributed by atoms with Gasteiger partial charge in [-0.25, -0.2) is 18.6 Å². The van der Waals surface area contributed by atoms with Crippen molar-refractivity contribution in [2.24, 2.45) is 0 Å². The van der Waals surface area contributed by atoms with Crippen LogP contribution in [0.15, 0.2) is 24.4 Å². The summed E-state index contributed by atoms with van der Waals surface area (Å²) in [7, 11) is -4.94. The van der Waals surface area contributed by atoms with Gasteiger partial charge in [0.1, 0.15) is 11.4 Å². The molecule has 2 heterocycles. The van der Waals surface area contributed by atoms with E-state index in [1.807, 2.05) is 6.07 Å². The second-order valence-corrected chi connectivity index (χ2v) is 6.60. The lowest BCUT2D eigenvalue weighted by Crippen LogP contribution is -2.68. The van der Waals surface area contributed by atoms with E-state index < -0.39 is 10.2 Å². The molecule has 0 spiro atoms. The average molecular weight is 344 g/mol. The minimum absolute atomic E-state index is 0.477. The van der Waals surface area contributed by atoms with Gasteiger partial charge in [0.15, 0.2) is 0 Å². The van der Waals surface area contributed by atoms with Gasteiger partial charge in [0.05, 0.1) is 12.3 Å². The number of hydrogen-bond donors (Lipinski definition) is 1. The summed E-state index contributed by atoms with van der Waals surface area (Å²) in [5, 5.41) is 7.15. The minimum Gasteiger partial charge on any atom is -0.222 e. The maximum absolute atomic E-state index is 8.49. The van der Waals surface area contributed by atoms with Gasteiger partial charge in [0.2, 0.25) is 0 Å². The minimum atomic E-state index is -4.94. The Kier molecular flexibility index (Phi) is 6.67. The number of aromatic amines is 1. The molecule has 0 aliphatic rings. The van der Waals surface area contributed by atoms with Crippen LogP contribution in [0.3, 0.4) is 0 Å². The van der Waals surface area contributed by atoms with Crippen molar-refractivity contribution < 1.29 is 33.4 Å². The quantitative estimate of drug-likeness (QED) is 0.678. The molecule has 0 amide bonds. The van der Waals surface area contributed by atoms with Gasteiger partial charge >= 0.3 is 5.82 Å². The lowest BCUT2D eigenvalue weighted by molar-refractivity contribution is -2.00. The lowest BCUT2D eigenvalue weighted by Gasteiger charge is -2.17. The maximum atomic E-state index is 8.49. The Morgan fingerprint density at radius 2 is 1.43 bits per heavy atom. The summed E-state index contributed by atoms with van der Waals surface area (Å²) in [6.07, 6.45) is 1.80. The zero-order valence-electron chi connectivity index (χ0n) is 13.9. The molecule has 0 aliphatic carbocycles. The van der Waals surface area contributed by atoms with Crippen molar-refractivity contribution in [3.05, 3.63) is 41.3 Å². The summed E-state index contributed by atoms with van der Waals surface area (Å²) < 4.78 is 36.3. The van der Waals surface area contributed by atoms with E-state index in [0.29, 0.717) is 11.8 Å². The normalized spacial score (nSPS) is 11.6. The van der Waals surface area contributed by atoms with E-state index in [4.69, 9.17) is 18.6 Å². The zero-order chi connectivity index (χ0) is 17.8. The highest BCUT2D eigenvalue weighted by atomic mass is 35.7. The number of aryl methyl sites for hydroxylation is 1. The van der Waals surface area contributed by atoms with E-state index in [1.54, 1.807) is 6.20 Å². The molecule has 2 aromatic rings. The molecule has 0 fully saturated rings. The lowest BCUT2D eigenvalue weighted by atomic mass is 10.0. The fourth-order valence-corrected chi connectivity index (χ4v) is 2.29. The molecule has 8 heteroatoms. The molecule has 0 bridgehead atoms. The third-order valence-electron chi connectivity index (χ3n) is 3.18.